The van der Waals surface area contributed by atoms with Crippen LogP contribution in [-0.2, 0) is 0 Å². The van der Waals surface area contributed by atoms with Gasteiger partial charge in [-0.1, -0.05) is 29.8 Å². The number of hydrogen-bond acceptors (Lipinski definition) is 1. The van der Waals surface area contributed by atoms with Crippen LogP contribution >= 0.6 is 11.6 Å². The molecule has 0 N–H and O–H groups in total. The third-order valence-electron chi connectivity index (χ3n) is 2.38. The van der Waals surface area contributed by atoms with Crippen LogP contribution in [0.25, 0.3) is 11.3 Å². The second-order valence-electron chi connectivity index (χ2n) is 3.68. The highest BCUT2D eigenvalue weighted by Crippen LogP contribution is 2.23. The molecule has 15 heavy (non-hydrogen) atoms. The van der Waals surface area contributed by atoms with Crippen molar-refractivity contribution in [3.05, 3.63) is 52.7 Å². The van der Waals surface area contributed by atoms with E-state index in [0.717, 1.165) is 27.4 Å². The standard InChI is InChI=1S/C13H12ClN/c1-9-3-6-13(15-8-9)11-5-4-10(2)12(14)7-11/h3-8H,1-2H3. The molecule has 0 fully saturated rings. The van der Waals surface area contributed by atoms with Crippen LogP contribution in [-0.4, -0.2) is 4.98 Å². The fraction of sp³-hybridized carbons (Fsp3) is 0.154. The molecule has 2 heteroatoms. The van der Waals surface area contributed by atoms with Gasteiger partial charge in [0.1, 0.15) is 0 Å². The summed E-state index contributed by atoms with van der Waals surface area (Å²) in [4.78, 5) is 4.36. The second kappa shape index (κ2) is 4.03. The Kier molecular flexibility index (Phi) is 2.74. The maximum atomic E-state index is 6.07. The number of pyridine rings is 1. The van der Waals surface area contributed by atoms with Gasteiger partial charge < -0.3 is 0 Å². The first-order valence-corrected chi connectivity index (χ1v) is 5.24. The predicted molar refractivity (Wildman–Crippen MR) is 64.2 cm³/mol. The van der Waals surface area contributed by atoms with E-state index >= 15 is 0 Å². The molecular weight excluding hydrogens is 206 g/mol. The van der Waals surface area contributed by atoms with Crippen LogP contribution < -0.4 is 0 Å². The van der Waals surface area contributed by atoms with E-state index in [9.17, 15) is 0 Å². The molecule has 1 aromatic heterocycles. The van der Waals surface area contributed by atoms with Gasteiger partial charge in [-0.2, -0.15) is 0 Å². The lowest BCUT2D eigenvalue weighted by atomic mass is 10.1. The minimum atomic E-state index is 0.787. The molecule has 0 unspecified atom stereocenters. The Labute approximate surface area is 94.7 Å². The Bertz CT molecular complexity index is 474. The lowest BCUT2D eigenvalue weighted by Crippen LogP contribution is -1.85. The highest BCUT2D eigenvalue weighted by Gasteiger charge is 2.01. The van der Waals surface area contributed by atoms with Crippen LogP contribution in [0.2, 0.25) is 5.02 Å². The molecule has 0 aliphatic rings. The minimum absolute atomic E-state index is 0.787. The summed E-state index contributed by atoms with van der Waals surface area (Å²) in [5, 5.41) is 0.787. The lowest BCUT2D eigenvalue weighted by Gasteiger charge is -2.03. The third kappa shape index (κ3) is 2.18. The zero-order valence-corrected chi connectivity index (χ0v) is 9.55. The Morgan fingerprint density at radius 2 is 1.87 bits per heavy atom. The summed E-state index contributed by atoms with van der Waals surface area (Å²) in [6.07, 6.45) is 1.86. The molecular formula is C13H12ClN. The van der Waals surface area contributed by atoms with Gasteiger partial charge in [-0.3, -0.25) is 4.98 Å². The minimum Gasteiger partial charge on any atom is -0.256 e. The predicted octanol–water partition coefficient (Wildman–Crippen LogP) is 4.02. The monoisotopic (exact) mass is 217 g/mol. The van der Waals surface area contributed by atoms with E-state index in [4.69, 9.17) is 11.6 Å². The number of rotatable bonds is 1. The van der Waals surface area contributed by atoms with Gasteiger partial charge in [0.25, 0.3) is 0 Å². The SMILES string of the molecule is Cc1ccc(-c2ccc(C)c(Cl)c2)nc1. The Morgan fingerprint density at radius 1 is 1.07 bits per heavy atom. The highest BCUT2D eigenvalue weighted by molar-refractivity contribution is 6.31. The van der Waals surface area contributed by atoms with Crippen molar-refractivity contribution < 1.29 is 0 Å². The molecule has 0 radical (unpaired) electrons. The van der Waals surface area contributed by atoms with Crippen molar-refractivity contribution in [1.82, 2.24) is 4.98 Å². The summed E-state index contributed by atoms with van der Waals surface area (Å²) in [6, 6.07) is 10.1. The van der Waals surface area contributed by atoms with E-state index in [1.165, 1.54) is 0 Å². The average molecular weight is 218 g/mol. The summed E-state index contributed by atoms with van der Waals surface area (Å²) in [6.45, 7) is 4.02. The van der Waals surface area contributed by atoms with E-state index < -0.39 is 0 Å². The Balaban J connectivity index is 2.45. The van der Waals surface area contributed by atoms with E-state index in [0.29, 0.717) is 0 Å². The quantitative estimate of drug-likeness (QED) is 0.703. The maximum Gasteiger partial charge on any atom is 0.0702 e. The van der Waals surface area contributed by atoms with E-state index in [1.807, 2.05) is 44.3 Å². The van der Waals surface area contributed by atoms with Gasteiger partial charge >= 0.3 is 0 Å². The average Bonchev–Trinajstić information content (AvgIpc) is 2.23. The first-order chi connectivity index (χ1) is 7.16. The van der Waals surface area contributed by atoms with Crippen LogP contribution in [0.15, 0.2) is 36.5 Å². The molecule has 0 atom stereocenters. The third-order valence-corrected chi connectivity index (χ3v) is 2.79. The molecule has 2 aromatic rings. The van der Waals surface area contributed by atoms with Gasteiger partial charge in [-0.25, -0.2) is 0 Å². The Hall–Kier alpha value is -1.34. The van der Waals surface area contributed by atoms with Crippen LogP contribution in [0.3, 0.4) is 0 Å². The summed E-state index contributed by atoms with van der Waals surface area (Å²) in [7, 11) is 0. The molecule has 0 aliphatic heterocycles. The fourth-order valence-corrected chi connectivity index (χ4v) is 1.57. The zero-order chi connectivity index (χ0) is 10.8. The van der Waals surface area contributed by atoms with Crippen LogP contribution in [0.4, 0.5) is 0 Å². The molecule has 0 amide bonds. The Morgan fingerprint density at radius 3 is 2.47 bits per heavy atom. The fourth-order valence-electron chi connectivity index (χ4n) is 1.39. The van der Waals surface area contributed by atoms with Crippen molar-refractivity contribution in [2.75, 3.05) is 0 Å². The normalized spacial score (nSPS) is 10.3. The van der Waals surface area contributed by atoms with Crippen molar-refractivity contribution in [1.29, 1.82) is 0 Å². The van der Waals surface area contributed by atoms with Crippen LogP contribution in [0, 0.1) is 13.8 Å². The molecule has 1 nitrogen and oxygen atoms in total. The number of aromatic nitrogens is 1. The summed E-state index contributed by atoms with van der Waals surface area (Å²) < 4.78 is 0. The molecule has 76 valence electrons. The van der Waals surface area contributed by atoms with Gasteiger partial charge in [-0.05, 0) is 37.1 Å². The van der Waals surface area contributed by atoms with Crippen LogP contribution in [0.1, 0.15) is 11.1 Å². The van der Waals surface area contributed by atoms with E-state index in [1.54, 1.807) is 0 Å². The first-order valence-electron chi connectivity index (χ1n) is 4.86. The lowest BCUT2D eigenvalue weighted by molar-refractivity contribution is 1.27. The first kappa shape index (κ1) is 10.2. The number of hydrogen-bond donors (Lipinski definition) is 0. The van der Waals surface area contributed by atoms with Crippen LogP contribution in [0.5, 0.6) is 0 Å². The van der Waals surface area contributed by atoms with Crippen molar-refractivity contribution in [3.63, 3.8) is 0 Å². The highest BCUT2D eigenvalue weighted by atomic mass is 35.5. The van der Waals surface area contributed by atoms with Crippen molar-refractivity contribution in [3.8, 4) is 11.3 Å². The number of halogens is 1. The number of aryl methyl sites for hydroxylation is 2. The van der Waals surface area contributed by atoms with E-state index in [2.05, 4.69) is 11.1 Å². The van der Waals surface area contributed by atoms with Gasteiger partial charge in [0.15, 0.2) is 0 Å². The second-order valence-corrected chi connectivity index (χ2v) is 4.09. The van der Waals surface area contributed by atoms with Crippen molar-refractivity contribution in [2.45, 2.75) is 13.8 Å². The molecule has 0 spiro atoms. The molecule has 0 saturated carbocycles. The zero-order valence-electron chi connectivity index (χ0n) is 8.79. The van der Waals surface area contributed by atoms with E-state index in [-0.39, 0.29) is 0 Å². The van der Waals surface area contributed by atoms with Crippen molar-refractivity contribution in [2.24, 2.45) is 0 Å². The molecule has 2 rings (SSSR count). The molecule has 0 aliphatic carbocycles. The summed E-state index contributed by atoms with van der Waals surface area (Å²) >= 11 is 6.07. The molecule has 0 saturated heterocycles. The molecule has 0 bridgehead atoms. The van der Waals surface area contributed by atoms with Crippen molar-refractivity contribution >= 4 is 11.6 Å². The van der Waals surface area contributed by atoms with Gasteiger partial charge in [-0.15, -0.1) is 0 Å². The summed E-state index contributed by atoms with van der Waals surface area (Å²) in [5.74, 6) is 0. The molecule has 1 aromatic carbocycles. The van der Waals surface area contributed by atoms with Gasteiger partial charge in [0.2, 0.25) is 0 Å². The van der Waals surface area contributed by atoms with Gasteiger partial charge in [0, 0.05) is 16.8 Å². The largest absolute Gasteiger partial charge is 0.256 e. The smallest absolute Gasteiger partial charge is 0.0702 e. The number of nitrogens with zero attached hydrogens (tertiary/aromatic N) is 1. The topological polar surface area (TPSA) is 12.9 Å². The molecule has 1 heterocycles. The maximum absolute atomic E-state index is 6.07. The number of benzene rings is 1. The van der Waals surface area contributed by atoms with Gasteiger partial charge in [0.05, 0.1) is 5.69 Å². The summed E-state index contributed by atoms with van der Waals surface area (Å²) in [5.41, 5.74) is 4.28.